The van der Waals surface area contributed by atoms with Gasteiger partial charge < -0.3 is 15.4 Å². The van der Waals surface area contributed by atoms with E-state index in [0.717, 1.165) is 32.4 Å². The van der Waals surface area contributed by atoms with Crippen LogP contribution in [0.1, 0.15) is 39.5 Å². The van der Waals surface area contributed by atoms with Crippen molar-refractivity contribution in [3.63, 3.8) is 0 Å². The lowest BCUT2D eigenvalue weighted by Crippen LogP contribution is -2.50. The third-order valence-corrected chi connectivity index (χ3v) is 2.87. The molecule has 0 aliphatic carbocycles. The van der Waals surface area contributed by atoms with Crippen LogP contribution in [0, 0.1) is 0 Å². The van der Waals surface area contributed by atoms with Gasteiger partial charge in [0.25, 0.3) is 0 Å². The number of rotatable bonds is 5. The monoisotopic (exact) mass is 228 g/mol. The van der Waals surface area contributed by atoms with E-state index in [1.165, 1.54) is 0 Å². The first-order chi connectivity index (χ1) is 7.55. The summed E-state index contributed by atoms with van der Waals surface area (Å²) in [4.78, 5) is 13.8. The van der Waals surface area contributed by atoms with Crippen LogP contribution < -0.4 is 5.73 Å². The fourth-order valence-corrected chi connectivity index (χ4v) is 1.98. The average Bonchev–Trinajstić information content (AvgIpc) is 2.22. The van der Waals surface area contributed by atoms with Gasteiger partial charge in [-0.25, -0.2) is 0 Å². The minimum atomic E-state index is -0.189. The molecule has 1 rings (SSSR count). The Morgan fingerprint density at radius 3 is 2.75 bits per heavy atom. The second-order valence-corrected chi connectivity index (χ2v) is 5.02. The molecule has 0 atom stereocenters. The van der Waals surface area contributed by atoms with E-state index in [4.69, 9.17) is 10.5 Å². The number of unbranched alkanes of at least 4 members (excludes halogenated alkanes) is 2. The van der Waals surface area contributed by atoms with E-state index in [1.807, 2.05) is 18.7 Å². The van der Waals surface area contributed by atoms with Gasteiger partial charge in [-0.1, -0.05) is 6.42 Å². The summed E-state index contributed by atoms with van der Waals surface area (Å²) in [6, 6.07) is 0. The van der Waals surface area contributed by atoms with E-state index >= 15 is 0 Å². The third-order valence-electron chi connectivity index (χ3n) is 2.87. The molecular weight excluding hydrogens is 204 g/mol. The molecule has 0 aromatic rings. The number of hydrogen-bond donors (Lipinski definition) is 1. The molecule has 0 unspecified atom stereocenters. The summed E-state index contributed by atoms with van der Waals surface area (Å²) in [5, 5.41) is 0. The molecule has 1 aliphatic rings. The zero-order valence-corrected chi connectivity index (χ0v) is 10.5. The van der Waals surface area contributed by atoms with Gasteiger partial charge in [0.15, 0.2) is 0 Å². The van der Waals surface area contributed by atoms with Gasteiger partial charge in [-0.2, -0.15) is 0 Å². The van der Waals surface area contributed by atoms with Crippen LogP contribution in [0.4, 0.5) is 0 Å². The van der Waals surface area contributed by atoms with E-state index in [1.54, 1.807) is 0 Å². The van der Waals surface area contributed by atoms with Crippen LogP contribution in [0.3, 0.4) is 0 Å². The average molecular weight is 228 g/mol. The van der Waals surface area contributed by atoms with Crippen molar-refractivity contribution >= 4 is 5.91 Å². The number of amides is 1. The Morgan fingerprint density at radius 1 is 1.38 bits per heavy atom. The molecule has 94 valence electrons. The highest BCUT2D eigenvalue weighted by Crippen LogP contribution is 2.17. The Kier molecular flexibility index (Phi) is 5.22. The standard InChI is InChI=1S/C12H24N2O2/c1-12(2)10-14(8-9-16-12)11(15)6-4-3-5-7-13/h3-10,13H2,1-2H3. The molecule has 0 aromatic carbocycles. The lowest BCUT2D eigenvalue weighted by molar-refractivity contribution is -0.146. The van der Waals surface area contributed by atoms with Crippen molar-refractivity contribution in [2.75, 3.05) is 26.2 Å². The first-order valence-electron chi connectivity index (χ1n) is 6.17. The highest BCUT2D eigenvalue weighted by Gasteiger charge is 2.29. The fourth-order valence-electron chi connectivity index (χ4n) is 1.98. The summed E-state index contributed by atoms with van der Waals surface area (Å²) in [6.07, 6.45) is 3.67. The second-order valence-electron chi connectivity index (χ2n) is 5.02. The highest BCUT2D eigenvalue weighted by molar-refractivity contribution is 5.76. The van der Waals surface area contributed by atoms with Crippen molar-refractivity contribution < 1.29 is 9.53 Å². The summed E-state index contributed by atoms with van der Waals surface area (Å²) >= 11 is 0. The summed E-state index contributed by atoms with van der Waals surface area (Å²) in [6.45, 7) is 6.88. The number of carbonyl (C=O) groups is 1. The van der Waals surface area contributed by atoms with Crippen LogP contribution in [0.2, 0.25) is 0 Å². The predicted molar refractivity (Wildman–Crippen MR) is 64.1 cm³/mol. The van der Waals surface area contributed by atoms with Crippen molar-refractivity contribution in [3.8, 4) is 0 Å². The molecule has 1 fully saturated rings. The van der Waals surface area contributed by atoms with Gasteiger partial charge in [0.2, 0.25) is 5.91 Å². The minimum Gasteiger partial charge on any atom is -0.372 e. The van der Waals surface area contributed by atoms with Crippen molar-refractivity contribution in [2.24, 2.45) is 5.73 Å². The number of nitrogens with two attached hydrogens (primary N) is 1. The van der Waals surface area contributed by atoms with Crippen LogP contribution in [0.25, 0.3) is 0 Å². The summed E-state index contributed by atoms with van der Waals surface area (Å²) in [7, 11) is 0. The van der Waals surface area contributed by atoms with E-state index in [2.05, 4.69) is 0 Å². The molecule has 0 aromatic heterocycles. The molecule has 2 N–H and O–H groups in total. The van der Waals surface area contributed by atoms with Crippen molar-refractivity contribution in [2.45, 2.75) is 45.1 Å². The maximum absolute atomic E-state index is 11.9. The Hall–Kier alpha value is -0.610. The number of ether oxygens (including phenoxy) is 1. The number of nitrogens with zero attached hydrogens (tertiary/aromatic N) is 1. The van der Waals surface area contributed by atoms with Gasteiger partial charge in [-0.15, -0.1) is 0 Å². The van der Waals surface area contributed by atoms with Gasteiger partial charge in [0, 0.05) is 19.5 Å². The Morgan fingerprint density at radius 2 is 2.12 bits per heavy atom. The summed E-state index contributed by atoms with van der Waals surface area (Å²) in [5.41, 5.74) is 5.22. The van der Waals surface area contributed by atoms with Crippen LogP contribution in [-0.2, 0) is 9.53 Å². The number of morpholine rings is 1. The van der Waals surface area contributed by atoms with Crippen LogP contribution in [-0.4, -0.2) is 42.6 Å². The molecule has 0 saturated carbocycles. The molecule has 0 radical (unpaired) electrons. The van der Waals surface area contributed by atoms with E-state index in [9.17, 15) is 4.79 Å². The predicted octanol–water partition coefficient (Wildman–Crippen LogP) is 1.14. The van der Waals surface area contributed by atoms with Crippen molar-refractivity contribution in [1.29, 1.82) is 0 Å². The maximum atomic E-state index is 11.9. The molecule has 4 heteroatoms. The number of carbonyl (C=O) groups excluding carboxylic acids is 1. The smallest absolute Gasteiger partial charge is 0.222 e. The fraction of sp³-hybridized carbons (Fsp3) is 0.917. The maximum Gasteiger partial charge on any atom is 0.222 e. The lowest BCUT2D eigenvalue weighted by atomic mass is 10.1. The SMILES string of the molecule is CC1(C)CN(C(=O)CCCCCN)CCO1. The molecule has 1 saturated heterocycles. The largest absolute Gasteiger partial charge is 0.372 e. The van der Waals surface area contributed by atoms with Crippen LogP contribution >= 0.6 is 0 Å². The topological polar surface area (TPSA) is 55.6 Å². The summed E-state index contributed by atoms with van der Waals surface area (Å²) in [5.74, 6) is 0.258. The molecule has 0 bridgehead atoms. The molecule has 1 heterocycles. The zero-order valence-electron chi connectivity index (χ0n) is 10.5. The van der Waals surface area contributed by atoms with Gasteiger partial charge in [-0.05, 0) is 33.2 Å². The van der Waals surface area contributed by atoms with E-state index < -0.39 is 0 Å². The van der Waals surface area contributed by atoms with Crippen LogP contribution in [0.15, 0.2) is 0 Å². The Balaban J connectivity index is 2.25. The normalized spacial score (nSPS) is 19.8. The highest BCUT2D eigenvalue weighted by atomic mass is 16.5. The first kappa shape index (κ1) is 13.5. The van der Waals surface area contributed by atoms with Gasteiger partial charge >= 0.3 is 0 Å². The zero-order chi connectivity index (χ0) is 12.0. The van der Waals surface area contributed by atoms with Gasteiger partial charge in [-0.3, -0.25) is 4.79 Å². The lowest BCUT2D eigenvalue weighted by Gasteiger charge is -2.38. The van der Waals surface area contributed by atoms with Crippen LogP contribution in [0.5, 0.6) is 0 Å². The first-order valence-corrected chi connectivity index (χ1v) is 6.17. The Labute approximate surface area is 98.1 Å². The molecule has 1 amide bonds. The minimum absolute atomic E-state index is 0.189. The van der Waals surface area contributed by atoms with Crippen molar-refractivity contribution in [1.82, 2.24) is 4.90 Å². The Bertz CT molecular complexity index is 229. The molecule has 0 spiro atoms. The molecule has 4 nitrogen and oxygen atoms in total. The quantitative estimate of drug-likeness (QED) is 0.718. The van der Waals surface area contributed by atoms with Crippen molar-refractivity contribution in [3.05, 3.63) is 0 Å². The second kappa shape index (κ2) is 6.21. The van der Waals surface area contributed by atoms with Gasteiger partial charge in [0.1, 0.15) is 0 Å². The van der Waals surface area contributed by atoms with E-state index in [0.29, 0.717) is 19.6 Å². The molecular formula is C12H24N2O2. The molecule has 16 heavy (non-hydrogen) atoms. The molecule has 1 aliphatic heterocycles. The van der Waals surface area contributed by atoms with E-state index in [-0.39, 0.29) is 11.5 Å². The van der Waals surface area contributed by atoms with Gasteiger partial charge in [0.05, 0.1) is 12.2 Å². The summed E-state index contributed by atoms with van der Waals surface area (Å²) < 4.78 is 5.58. The third kappa shape index (κ3) is 4.49. The number of hydrogen-bond acceptors (Lipinski definition) is 3.